The Hall–Kier alpha value is -3.08. The highest BCUT2D eigenvalue weighted by molar-refractivity contribution is 5.81. The lowest BCUT2D eigenvalue weighted by molar-refractivity contribution is -0.139. The van der Waals surface area contributed by atoms with Gasteiger partial charge in [-0.25, -0.2) is 0 Å². The van der Waals surface area contributed by atoms with Crippen LogP contribution in [0.15, 0.2) is 57.9 Å². The fourth-order valence-corrected chi connectivity index (χ4v) is 3.57. The molecule has 0 spiro atoms. The Labute approximate surface area is 162 Å². The van der Waals surface area contributed by atoms with Gasteiger partial charge in [0, 0.05) is 6.07 Å². The normalized spacial score (nSPS) is 14.8. The molecule has 2 aromatic carbocycles. The van der Waals surface area contributed by atoms with Crippen molar-refractivity contribution in [1.29, 1.82) is 0 Å². The molecule has 1 heterocycles. The first kappa shape index (κ1) is 18.3. The molecule has 28 heavy (non-hydrogen) atoms. The maximum atomic E-state index is 12.7. The second kappa shape index (κ2) is 7.89. The molecule has 4 rings (SSSR count). The zero-order valence-electron chi connectivity index (χ0n) is 15.8. The van der Waals surface area contributed by atoms with Crippen molar-refractivity contribution in [2.24, 2.45) is 5.92 Å². The minimum absolute atomic E-state index is 0.0402. The molecule has 0 radical (unpaired) electrons. The Bertz CT molecular complexity index is 1060. The predicted molar refractivity (Wildman–Crippen MR) is 106 cm³/mol. The average molecular weight is 378 g/mol. The molecule has 144 valence electrons. The lowest BCUT2D eigenvalue weighted by Gasteiger charge is -2.19. The van der Waals surface area contributed by atoms with E-state index in [0.29, 0.717) is 22.5 Å². The Balaban J connectivity index is 1.55. The van der Waals surface area contributed by atoms with Gasteiger partial charge in [0.1, 0.15) is 23.3 Å². The molecule has 1 saturated carbocycles. The quantitative estimate of drug-likeness (QED) is 0.450. The van der Waals surface area contributed by atoms with Crippen LogP contribution in [-0.4, -0.2) is 5.97 Å². The van der Waals surface area contributed by atoms with Crippen molar-refractivity contribution in [3.05, 3.63) is 64.5 Å². The Morgan fingerprint density at radius 3 is 2.64 bits per heavy atom. The maximum absolute atomic E-state index is 12.7. The molecule has 1 aliphatic carbocycles. The number of ether oxygens (including phenoxy) is 2. The molecule has 5 nitrogen and oxygen atoms in total. The summed E-state index contributed by atoms with van der Waals surface area (Å²) in [5.74, 6) is 0.829. The van der Waals surface area contributed by atoms with Gasteiger partial charge in [-0.05, 0) is 49.6 Å². The molecule has 0 atom stereocenters. The van der Waals surface area contributed by atoms with E-state index in [1.165, 1.54) is 12.7 Å². The number of rotatable bonds is 4. The van der Waals surface area contributed by atoms with Gasteiger partial charge in [0.05, 0.1) is 11.3 Å². The zero-order chi connectivity index (χ0) is 19.5. The number of fused-ring (bicyclic) bond motifs is 1. The maximum Gasteiger partial charge on any atom is 0.314 e. The number of hydrogen-bond donors (Lipinski definition) is 0. The molecule has 0 aliphatic heterocycles. The number of carbonyl (C=O) groups excluding carboxylic acids is 1. The van der Waals surface area contributed by atoms with E-state index in [1.807, 2.05) is 25.1 Å². The van der Waals surface area contributed by atoms with E-state index < -0.39 is 0 Å². The van der Waals surface area contributed by atoms with Gasteiger partial charge in [-0.2, -0.15) is 0 Å². The van der Waals surface area contributed by atoms with Gasteiger partial charge >= 0.3 is 5.97 Å². The summed E-state index contributed by atoms with van der Waals surface area (Å²) < 4.78 is 16.8. The van der Waals surface area contributed by atoms with Gasteiger partial charge in [-0.1, -0.05) is 31.4 Å². The van der Waals surface area contributed by atoms with Crippen molar-refractivity contribution in [2.45, 2.75) is 39.0 Å². The molecule has 0 amide bonds. The van der Waals surface area contributed by atoms with E-state index in [0.717, 1.165) is 31.2 Å². The third-order valence-electron chi connectivity index (χ3n) is 5.09. The minimum Gasteiger partial charge on any atom is -0.460 e. The van der Waals surface area contributed by atoms with E-state index in [4.69, 9.17) is 13.9 Å². The van der Waals surface area contributed by atoms with Gasteiger partial charge < -0.3 is 13.9 Å². The molecule has 1 aliphatic rings. The fourth-order valence-electron chi connectivity index (χ4n) is 3.57. The highest BCUT2D eigenvalue weighted by Gasteiger charge is 2.23. The van der Waals surface area contributed by atoms with Crippen molar-refractivity contribution < 1.29 is 18.7 Å². The van der Waals surface area contributed by atoms with Gasteiger partial charge in [0.25, 0.3) is 0 Å². The van der Waals surface area contributed by atoms with E-state index in [-0.39, 0.29) is 23.1 Å². The Kier molecular flexibility index (Phi) is 5.15. The van der Waals surface area contributed by atoms with Gasteiger partial charge in [-0.15, -0.1) is 0 Å². The predicted octanol–water partition coefficient (Wildman–Crippen LogP) is 5.38. The molecule has 0 unspecified atom stereocenters. The van der Waals surface area contributed by atoms with Crippen molar-refractivity contribution in [1.82, 2.24) is 0 Å². The summed E-state index contributed by atoms with van der Waals surface area (Å²) in [7, 11) is 0. The van der Waals surface area contributed by atoms with Crippen LogP contribution in [0, 0.1) is 12.8 Å². The van der Waals surface area contributed by atoms with Crippen LogP contribution >= 0.6 is 0 Å². The van der Waals surface area contributed by atoms with Crippen LogP contribution in [-0.2, 0) is 4.79 Å². The first-order chi connectivity index (χ1) is 13.6. The number of esters is 1. The molecular formula is C23H22O5. The number of benzene rings is 2. The van der Waals surface area contributed by atoms with Crippen molar-refractivity contribution >= 4 is 16.9 Å². The van der Waals surface area contributed by atoms with Crippen LogP contribution in [0.2, 0.25) is 0 Å². The summed E-state index contributed by atoms with van der Waals surface area (Å²) in [6, 6.07) is 12.2. The summed E-state index contributed by atoms with van der Waals surface area (Å²) in [5, 5.41) is 0.377. The van der Waals surface area contributed by atoms with Crippen molar-refractivity contribution in [3.63, 3.8) is 0 Å². The molecule has 1 aromatic heterocycles. The third-order valence-corrected chi connectivity index (χ3v) is 5.09. The van der Waals surface area contributed by atoms with Crippen LogP contribution in [0.5, 0.6) is 17.2 Å². The van der Waals surface area contributed by atoms with Crippen LogP contribution in [0.4, 0.5) is 0 Å². The second-order valence-electron chi connectivity index (χ2n) is 7.26. The smallest absolute Gasteiger partial charge is 0.314 e. The average Bonchev–Trinajstić information content (AvgIpc) is 2.71. The fraction of sp³-hybridized carbons (Fsp3) is 0.304. The van der Waals surface area contributed by atoms with E-state index in [2.05, 4.69) is 0 Å². The third kappa shape index (κ3) is 3.93. The molecule has 0 bridgehead atoms. The lowest BCUT2D eigenvalue weighted by Crippen LogP contribution is -2.22. The van der Waals surface area contributed by atoms with Crippen LogP contribution < -0.4 is 14.9 Å². The number of aryl methyl sites for hydroxylation is 1. The standard InChI is InChI=1S/C23H22O5/c1-15-6-5-9-17(12-15)27-21-14-26-20-13-18(10-11-19(20)22(21)24)28-23(25)16-7-3-2-4-8-16/h5-6,9-14,16H,2-4,7-8H2,1H3. The van der Waals surface area contributed by atoms with Gasteiger partial charge in [-0.3, -0.25) is 9.59 Å². The molecular weight excluding hydrogens is 356 g/mol. The largest absolute Gasteiger partial charge is 0.460 e. The first-order valence-corrected chi connectivity index (χ1v) is 9.62. The van der Waals surface area contributed by atoms with Gasteiger partial charge in [0.15, 0.2) is 0 Å². The summed E-state index contributed by atoms with van der Waals surface area (Å²) >= 11 is 0. The summed E-state index contributed by atoms with van der Waals surface area (Å²) in [4.78, 5) is 25.0. The molecule has 0 N–H and O–H groups in total. The minimum atomic E-state index is -0.270. The Morgan fingerprint density at radius 2 is 1.86 bits per heavy atom. The SMILES string of the molecule is Cc1cccc(Oc2coc3cc(OC(=O)C4CCCCC4)ccc3c2=O)c1. The highest BCUT2D eigenvalue weighted by atomic mass is 16.5. The van der Waals surface area contributed by atoms with Crippen LogP contribution in [0.25, 0.3) is 11.0 Å². The first-order valence-electron chi connectivity index (χ1n) is 9.62. The zero-order valence-corrected chi connectivity index (χ0v) is 15.8. The summed E-state index contributed by atoms with van der Waals surface area (Å²) in [5.41, 5.74) is 1.12. The number of hydrogen-bond acceptors (Lipinski definition) is 5. The summed E-state index contributed by atoms with van der Waals surface area (Å²) in [6.45, 7) is 1.95. The van der Waals surface area contributed by atoms with Gasteiger partial charge in [0.2, 0.25) is 11.2 Å². The lowest BCUT2D eigenvalue weighted by atomic mass is 9.89. The molecule has 3 aromatic rings. The molecule has 1 fully saturated rings. The van der Waals surface area contributed by atoms with E-state index in [9.17, 15) is 9.59 Å². The van der Waals surface area contributed by atoms with Crippen LogP contribution in [0.1, 0.15) is 37.7 Å². The summed E-state index contributed by atoms with van der Waals surface area (Å²) in [6.07, 6.45) is 6.35. The van der Waals surface area contributed by atoms with E-state index in [1.54, 1.807) is 24.3 Å². The molecule has 0 saturated heterocycles. The van der Waals surface area contributed by atoms with Crippen LogP contribution in [0.3, 0.4) is 0 Å². The highest BCUT2D eigenvalue weighted by Crippen LogP contribution is 2.28. The van der Waals surface area contributed by atoms with Crippen molar-refractivity contribution in [2.75, 3.05) is 0 Å². The van der Waals surface area contributed by atoms with E-state index >= 15 is 0 Å². The number of carbonyl (C=O) groups is 1. The Morgan fingerprint density at radius 1 is 1.04 bits per heavy atom. The monoisotopic (exact) mass is 378 g/mol. The van der Waals surface area contributed by atoms with Crippen molar-refractivity contribution in [3.8, 4) is 17.2 Å². The topological polar surface area (TPSA) is 65.7 Å². The molecule has 5 heteroatoms. The second-order valence-corrected chi connectivity index (χ2v) is 7.26.